The van der Waals surface area contributed by atoms with Gasteiger partial charge in [-0.05, 0) is 52.9 Å². The average Bonchev–Trinajstić information content (AvgIpc) is 3.43. The standard InChI is InChI=1S/C33H30FN3O4/c1-20(2)16-36-32(38)28-15-22(10-13-26(28)23-14-25(40-3)18-35-17-23)31(21-8-11-24(34)12-9-21)37-33(39)29-19-41-30-7-5-4-6-27(29)30/h4-15,17-20,31H,16H2,1-3H3,(H,36,38)(H,37,39). The van der Waals surface area contributed by atoms with Crippen LogP contribution in [0.2, 0.25) is 0 Å². The van der Waals surface area contributed by atoms with Gasteiger partial charge in [0.15, 0.2) is 0 Å². The highest BCUT2D eigenvalue weighted by molar-refractivity contribution is 6.06. The lowest BCUT2D eigenvalue weighted by Crippen LogP contribution is -2.30. The molecule has 5 aromatic rings. The molecule has 0 aliphatic heterocycles. The Kier molecular flexibility index (Phi) is 8.10. The largest absolute Gasteiger partial charge is 0.495 e. The predicted octanol–water partition coefficient (Wildman–Crippen LogP) is 6.55. The summed E-state index contributed by atoms with van der Waals surface area (Å²) in [5, 5.41) is 6.74. The third-order valence-electron chi connectivity index (χ3n) is 6.76. The summed E-state index contributed by atoms with van der Waals surface area (Å²) in [5.41, 5.74) is 4.04. The van der Waals surface area contributed by atoms with Crippen LogP contribution in [0.1, 0.15) is 51.7 Å². The normalized spacial score (nSPS) is 11.8. The molecule has 7 nitrogen and oxygen atoms in total. The van der Waals surface area contributed by atoms with E-state index in [1.807, 2.05) is 50.2 Å². The molecule has 1 atom stereocenters. The van der Waals surface area contributed by atoms with Crippen molar-refractivity contribution in [3.05, 3.63) is 120 Å². The van der Waals surface area contributed by atoms with Gasteiger partial charge in [0.25, 0.3) is 11.8 Å². The van der Waals surface area contributed by atoms with Crippen molar-refractivity contribution >= 4 is 22.8 Å². The van der Waals surface area contributed by atoms with Crippen molar-refractivity contribution in [2.24, 2.45) is 5.92 Å². The number of halogens is 1. The number of methoxy groups -OCH3 is 1. The summed E-state index contributed by atoms with van der Waals surface area (Å²) >= 11 is 0. The summed E-state index contributed by atoms with van der Waals surface area (Å²) in [6.07, 6.45) is 4.68. The highest BCUT2D eigenvalue weighted by atomic mass is 19.1. The SMILES string of the molecule is COc1cncc(-c2ccc(C(NC(=O)c3coc4ccccc34)c3ccc(F)cc3)cc2C(=O)NCC(C)C)c1. The zero-order chi connectivity index (χ0) is 28.9. The number of hydrogen-bond donors (Lipinski definition) is 2. The number of furan rings is 1. The van der Waals surface area contributed by atoms with Gasteiger partial charge in [0.1, 0.15) is 23.4 Å². The number of pyridine rings is 1. The molecule has 0 radical (unpaired) electrons. The number of benzene rings is 3. The van der Waals surface area contributed by atoms with Gasteiger partial charge in [0.05, 0.1) is 24.9 Å². The minimum absolute atomic E-state index is 0.250. The third kappa shape index (κ3) is 6.11. The van der Waals surface area contributed by atoms with E-state index in [-0.39, 0.29) is 17.7 Å². The zero-order valence-electron chi connectivity index (χ0n) is 23.0. The maximum absolute atomic E-state index is 13.9. The van der Waals surface area contributed by atoms with E-state index >= 15 is 0 Å². The number of nitrogens with zero attached hydrogens (tertiary/aromatic N) is 1. The van der Waals surface area contributed by atoms with Crippen LogP contribution < -0.4 is 15.4 Å². The second-order valence-corrected chi connectivity index (χ2v) is 10.1. The molecule has 2 heterocycles. The van der Waals surface area contributed by atoms with E-state index in [0.29, 0.717) is 56.6 Å². The van der Waals surface area contributed by atoms with Gasteiger partial charge in [-0.25, -0.2) is 4.39 Å². The van der Waals surface area contributed by atoms with Crippen LogP contribution >= 0.6 is 0 Å². The number of aromatic nitrogens is 1. The quantitative estimate of drug-likeness (QED) is 0.217. The summed E-state index contributed by atoms with van der Waals surface area (Å²) in [5.74, 6) is -0.210. The van der Waals surface area contributed by atoms with Gasteiger partial charge in [-0.2, -0.15) is 0 Å². The fraction of sp³-hybridized carbons (Fsp3) is 0.182. The lowest BCUT2D eigenvalue weighted by Gasteiger charge is -2.22. The fourth-order valence-electron chi connectivity index (χ4n) is 4.63. The molecule has 0 fully saturated rings. The Labute approximate surface area is 237 Å². The first-order chi connectivity index (χ1) is 19.8. The van der Waals surface area contributed by atoms with Crippen LogP contribution in [0.25, 0.3) is 22.1 Å². The first-order valence-corrected chi connectivity index (χ1v) is 13.3. The molecule has 208 valence electrons. The van der Waals surface area contributed by atoms with Crippen LogP contribution in [0.3, 0.4) is 0 Å². The van der Waals surface area contributed by atoms with Crippen molar-refractivity contribution in [2.45, 2.75) is 19.9 Å². The second-order valence-electron chi connectivity index (χ2n) is 10.1. The van der Waals surface area contributed by atoms with Crippen LogP contribution in [0, 0.1) is 11.7 Å². The first-order valence-electron chi connectivity index (χ1n) is 13.3. The predicted molar refractivity (Wildman–Crippen MR) is 155 cm³/mol. The minimum atomic E-state index is -0.689. The summed E-state index contributed by atoms with van der Waals surface area (Å²) < 4.78 is 24.8. The number of nitrogens with one attached hydrogen (secondary N) is 2. The Morgan fingerprint density at radius 1 is 0.927 bits per heavy atom. The van der Waals surface area contributed by atoms with Crippen molar-refractivity contribution in [1.29, 1.82) is 0 Å². The molecule has 2 aromatic heterocycles. The van der Waals surface area contributed by atoms with Crippen molar-refractivity contribution in [3.63, 3.8) is 0 Å². The molecule has 8 heteroatoms. The van der Waals surface area contributed by atoms with Crippen LogP contribution in [-0.2, 0) is 0 Å². The van der Waals surface area contributed by atoms with E-state index in [1.54, 1.807) is 43.8 Å². The molecule has 0 spiro atoms. The molecular weight excluding hydrogens is 521 g/mol. The van der Waals surface area contributed by atoms with Gasteiger partial charge in [-0.3, -0.25) is 14.6 Å². The van der Waals surface area contributed by atoms with Gasteiger partial charge in [-0.15, -0.1) is 0 Å². The van der Waals surface area contributed by atoms with Crippen LogP contribution in [0.5, 0.6) is 5.75 Å². The maximum Gasteiger partial charge on any atom is 0.255 e. The molecule has 0 saturated carbocycles. The molecule has 0 aliphatic carbocycles. The second kappa shape index (κ2) is 12.0. The molecule has 3 aromatic carbocycles. The van der Waals surface area contributed by atoms with Crippen molar-refractivity contribution in [1.82, 2.24) is 15.6 Å². The third-order valence-corrected chi connectivity index (χ3v) is 6.76. The van der Waals surface area contributed by atoms with Gasteiger partial charge >= 0.3 is 0 Å². The van der Waals surface area contributed by atoms with Crippen molar-refractivity contribution < 1.29 is 23.1 Å². The van der Waals surface area contributed by atoms with Gasteiger partial charge in [0, 0.05) is 29.3 Å². The Balaban J connectivity index is 1.59. The molecule has 0 bridgehead atoms. The number of fused-ring (bicyclic) bond motifs is 1. The van der Waals surface area contributed by atoms with E-state index in [2.05, 4.69) is 15.6 Å². The summed E-state index contributed by atoms with van der Waals surface area (Å²) in [6.45, 7) is 4.52. The highest BCUT2D eigenvalue weighted by Crippen LogP contribution is 2.32. The van der Waals surface area contributed by atoms with Gasteiger partial charge in [-0.1, -0.05) is 56.3 Å². The Bertz CT molecular complexity index is 1690. The molecule has 41 heavy (non-hydrogen) atoms. The highest BCUT2D eigenvalue weighted by Gasteiger charge is 2.23. The Hall–Kier alpha value is -4.98. The molecule has 0 aliphatic rings. The Morgan fingerprint density at radius 3 is 2.44 bits per heavy atom. The number of para-hydroxylation sites is 1. The van der Waals surface area contributed by atoms with Gasteiger partial charge in [0.2, 0.25) is 0 Å². The number of carbonyl (C=O) groups excluding carboxylic acids is 2. The smallest absolute Gasteiger partial charge is 0.255 e. The summed E-state index contributed by atoms with van der Waals surface area (Å²) in [7, 11) is 1.55. The molecular formula is C33H30FN3O4. The molecule has 2 amide bonds. The van der Waals surface area contributed by atoms with Crippen LogP contribution in [0.4, 0.5) is 4.39 Å². The number of carbonyl (C=O) groups is 2. The zero-order valence-corrected chi connectivity index (χ0v) is 23.0. The summed E-state index contributed by atoms with van der Waals surface area (Å²) in [6, 6.07) is 19.7. The molecule has 1 unspecified atom stereocenters. The lowest BCUT2D eigenvalue weighted by molar-refractivity contribution is 0.0940. The van der Waals surface area contributed by atoms with E-state index in [0.717, 1.165) is 0 Å². The number of ether oxygens (including phenoxy) is 1. The van der Waals surface area contributed by atoms with Crippen LogP contribution in [0.15, 0.2) is 95.9 Å². The molecule has 5 rings (SSSR count). The number of amides is 2. The summed E-state index contributed by atoms with van der Waals surface area (Å²) in [4.78, 5) is 31.3. The first kappa shape index (κ1) is 27.6. The number of hydrogen-bond acceptors (Lipinski definition) is 5. The van der Waals surface area contributed by atoms with E-state index in [9.17, 15) is 14.0 Å². The average molecular weight is 552 g/mol. The lowest BCUT2D eigenvalue weighted by atomic mass is 9.92. The number of rotatable bonds is 9. The molecule has 2 N–H and O–H groups in total. The van der Waals surface area contributed by atoms with Gasteiger partial charge < -0.3 is 19.8 Å². The molecule has 0 saturated heterocycles. The van der Waals surface area contributed by atoms with E-state index < -0.39 is 11.9 Å². The topological polar surface area (TPSA) is 93.5 Å². The Morgan fingerprint density at radius 2 is 1.68 bits per heavy atom. The van der Waals surface area contributed by atoms with Crippen molar-refractivity contribution in [2.75, 3.05) is 13.7 Å². The van der Waals surface area contributed by atoms with Crippen LogP contribution in [-0.4, -0.2) is 30.5 Å². The van der Waals surface area contributed by atoms with E-state index in [1.165, 1.54) is 18.4 Å². The van der Waals surface area contributed by atoms with Crippen molar-refractivity contribution in [3.8, 4) is 16.9 Å². The fourth-order valence-corrected chi connectivity index (χ4v) is 4.63. The maximum atomic E-state index is 13.9. The minimum Gasteiger partial charge on any atom is -0.495 e. The van der Waals surface area contributed by atoms with E-state index in [4.69, 9.17) is 9.15 Å². The monoisotopic (exact) mass is 551 g/mol.